The van der Waals surface area contributed by atoms with E-state index in [0.29, 0.717) is 6.42 Å². The number of methoxy groups -OCH3 is 1. The van der Waals surface area contributed by atoms with Gasteiger partial charge in [0.2, 0.25) is 12.2 Å². The quantitative estimate of drug-likeness (QED) is 0.0297. The highest BCUT2D eigenvalue weighted by atomic mass is 16.8. The summed E-state index contributed by atoms with van der Waals surface area (Å²) >= 11 is 0. The summed E-state index contributed by atoms with van der Waals surface area (Å²) in [6.45, 7) is -8.20. The summed E-state index contributed by atoms with van der Waals surface area (Å²) in [6, 6.07) is 5.95. The molecule has 13 rings (SSSR count). The fourth-order valence-electron chi connectivity index (χ4n) is 18.6. The van der Waals surface area contributed by atoms with E-state index in [1.165, 1.54) is 12.1 Å². The van der Waals surface area contributed by atoms with Gasteiger partial charge < -0.3 is 293 Å². The molecular weight excluding hydrogens is 1900 g/mol. The molecule has 11 saturated heterocycles. The van der Waals surface area contributed by atoms with Crippen LogP contribution in [0.5, 0.6) is 5.75 Å². The van der Waals surface area contributed by atoms with E-state index in [2.05, 4.69) is 5.32 Å². The summed E-state index contributed by atoms with van der Waals surface area (Å²) in [4.78, 5) is 0. The third-order valence-corrected chi connectivity index (χ3v) is 26.8. The van der Waals surface area contributed by atoms with Gasteiger partial charge in [0.1, 0.15) is 274 Å². The van der Waals surface area contributed by atoms with Crippen LogP contribution in [0.3, 0.4) is 0 Å². The molecule has 1 aromatic carbocycles. The molecule has 0 radical (unpaired) electrons. The van der Waals surface area contributed by atoms with Crippen molar-refractivity contribution in [3.05, 3.63) is 41.5 Å². The minimum atomic E-state index is -2.35. The summed E-state index contributed by atoms with van der Waals surface area (Å²) in [6.07, 6.45) is -110. The molecule has 0 saturated carbocycles. The maximum Gasteiger partial charge on any atom is 0.229 e. The van der Waals surface area contributed by atoms with Gasteiger partial charge in [-0.15, -0.1) is 0 Å². The second-order valence-corrected chi connectivity index (χ2v) is 36.1. The minimum Gasteiger partial charge on any atom is -0.506 e. The fraction of sp³-hybridized carbons (Fsp3) is 0.900. The van der Waals surface area contributed by atoms with Gasteiger partial charge in [0, 0.05) is 18.6 Å². The van der Waals surface area contributed by atoms with E-state index in [1.807, 2.05) is 0 Å². The lowest BCUT2D eigenvalue weighted by atomic mass is 9.82. The molecule has 0 amide bonds. The van der Waals surface area contributed by atoms with Crippen molar-refractivity contribution in [1.82, 2.24) is 5.32 Å². The lowest BCUT2D eigenvalue weighted by molar-refractivity contribution is -0.401. The van der Waals surface area contributed by atoms with Gasteiger partial charge in [0.05, 0.1) is 72.7 Å². The predicted octanol–water partition coefficient (Wildman–Crippen LogP) is -21.4. The van der Waals surface area contributed by atoms with E-state index in [9.17, 15) is 179 Å². The van der Waals surface area contributed by atoms with Crippen LogP contribution in [0.1, 0.15) is 19.4 Å². The zero-order valence-corrected chi connectivity index (χ0v) is 74.2. The Kier molecular flexibility index (Phi) is 38.8. The first-order valence-corrected chi connectivity index (χ1v) is 44.7. The number of aliphatic hydroxyl groups is 35. The molecule has 12 aliphatic heterocycles. The minimum absolute atomic E-state index is 0.130. The first kappa shape index (κ1) is 112. The number of hydrogen-bond donors (Lipinski definition) is 36. The highest BCUT2D eigenvalue weighted by molar-refractivity contribution is 5.30. The Bertz CT molecular complexity index is 3860. The Labute approximate surface area is 787 Å². The van der Waals surface area contributed by atoms with Crippen LogP contribution in [0.15, 0.2) is 35.9 Å². The van der Waals surface area contributed by atoms with Gasteiger partial charge in [-0.3, -0.25) is 0 Å². The van der Waals surface area contributed by atoms with Gasteiger partial charge in [0.25, 0.3) is 0 Å². The number of hydrogen-bond acceptors (Lipinski definition) is 59. The molecule has 1 aromatic rings. The van der Waals surface area contributed by atoms with Crippen LogP contribution in [-0.4, -0.2) is 602 Å². The molecule has 802 valence electrons. The second kappa shape index (κ2) is 48.1. The number of nitrogens with one attached hydrogen (secondary N) is 1. The summed E-state index contributed by atoms with van der Waals surface area (Å²) in [5.74, 6) is -0.414. The molecule has 12 heterocycles. The van der Waals surface area contributed by atoms with Crippen molar-refractivity contribution in [3.8, 4) is 5.75 Å². The SMILES string of the molecule is COC1C(CO)OC(OC2C(CO)OC(OC3C(CO)OC(OC4C(CO)OC(OC5C(CO)OC(OC6C(CO)OC(OC7C(CO)OC(OC8C(CO)OC(OC9C(CO)OC(OC%10C(CO)OC(OC%11C(CO)OC(Oc%12ccc(CC%13NC(O)=C(O)C%13(C)C)cc%12)C(O)C%11O)C(O)C%10O)C(O)C9O)C(O)C8O)C(O)C7O)C(O)C6O)C(O)C5O)C(O)C4O)C(O)C3O)C(O)C2O)C(O)C1O. The van der Waals surface area contributed by atoms with E-state index in [0.717, 1.165) is 12.7 Å². The number of ether oxygens (including phenoxy) is 23. The van der Waals surface area contributed by atoms with Crippen molar-refractivity contribution in [1.29, 1.82) is 0 Å². The first-order valence-electron chi connectivity index (χ1n) is 44.7. The number of benzene rings is 1. The smallest absolute Gasteiger partial charge is 0.229 e. The van der Waals surface area contributed by atoms with E-state index in [4.69, 9.17) is 109 Å². The Morgan fingerprint density at radius 2 is 0.396 bits per heavy atom. The molecule has 0 bridgehead atoms. The Morgan fingerprint density at radius 3 is 0.554 bits per heavy atom. The van der Waals surface area contributed by atoms with Gasteiger partial charge in [-0.2, -0.15) is 0 Å². The Morgan fingerprint density at radius 1 is 0.237 bits per heavy atom. The third kappa shape index (κ3) is 23.1. The van der Waals surface area contributed by atoms with E-state index in [-0.39, 0.29) is 23.4 Å². The van der Waals surface area contributed by atoms with Crippen LogP contribution in [0, 0.1) is 5.41 Å². The van der Waals surface area contributed by atoms with Crippen LogP contribution >= 0.6 is 0 Å². The van der Waals surface area contributed by atoms with Crippen LogP contribution in [0.2, 0.25) is 0 Å². The summed E-state index contributed by atoms with van der Waals surface area (Å²) in [5, 5.41) is 389. The molecule has 56 unspecified atom stereocenters. The predicted molar refractivity (Wildman–Crippen MR) is 429 cm³/mol. The molecule has 36 N–H and O–H groups in total. The van der Waals surface area contributed by atoms with Crippen molar-refractivity contribution in [2.45, 2.75) is 364 Å². The number of rotatable bonds is 36. The molecular formula is C80H129NO58. The standard InChI is InChI=1S/C80H129NO58/c1-80(2)33(81-68(116)67(80)115)8-20-4-6-21(7-5-20)118-69-46(105)35(94)57(23(10-83)120-69)131-71-48(107)37(96)59(25(12-85)122-71)133-73-50(109)39(98)61(27(14-87)124-73)135-75-52(111)41(100)63(29(16-89)126-75)137-77-54(113)43(102)65(31(18-91)128-77)139-79-55(114)44(103)66(32(19-92)129-79)138-78-53(112)42(101)64(30(17-90)127-78)136-76-51(110)40(99)62(28(15-88)125-76)134-74-49(108)38(97)60(26(13-86)123-74)132-72-47(106)36(95)58(24(11-84)121-72)130-70-45(104)34(93)56(117-3)22(9-82)119-70/h4-7,22-66,69-79,81-116H,8-19H2,1-3H3. The summed E-state index contributed by atoms with van der Waals surface area (Å²) < 4.78 is 131. The average molecular weight is 2030 g/mol. The van der Waals surface area contributed by atoms with Crippen LogP contribution in [-0.2, 0) is 111 Å². The van der Waals surface area contributed by atoms with Crippen LogP contribution in [0.25, 0.3) is 0 Å². The normalized spacial score (nSPS) is 50.1. The Balaban J connectivity index is 0.561. The zero-order chi connectivity index (χ0) is 101. The lowest BCUT2D eigenvalue weighted by Gasteiger charge is -2.50. The van der Waals surface area contributed by atoms with Gasteiger partial charge in [-0.05, 0) is 24.1 Å². The lowest BCUT2D eigenvalue weighted by Crippen LogP contribution is -2.68. The van der Waals surface area contributed by atoms with E-state index >= 15 is 0 Å². The third-order valence-electron chi connectivity index (χ3n) is 26.8. The maximum absolute atomic E-state index is 11.6. The molecule has 0 spiro atoms. The van der Waals surface area contributed by atoms with Crippen molar-refractivity contribution in [3.63, 3.8) is 0 Å². The highest BCUT2D eigenvalue weighted by Crippen LogP contribution is 2.44. The topological polar surface area (TPSA) is 932 Å². The van der Waals surface area contributed by atoms with E-state index < -0.39 is 416 Å². The first-order chi connectivity index (χ1) is 66.0. The van der Waals surface area contributed by atoms with Crippen LogP contribution in [0.4, 0.5) is 0 Å². The van der Waals surface area contributed by atoms with Crippen molar-refractivity contribution >= 4 is 0 Å². The molecule has 11 fully saturated rings. The van der Waals surface area contributed by atoms with Gasteiger partial charge >= 0.3 is 0 Å². The Hall–Kier alpha value is -4.04. The second-order valence-electron chi connectivity index (χ2n) is 36.1. The molecule has 56 atom stereocenters. The fourth-order valence-corrected chi connectivity index (χ4v) is 18.6. The van der Waals surface area contributed by atoms with Gasteiger partial charge in [-0.1, -0.05) is 26.0 Å². The molecule has 139 heavy (non-hydrogen) atoms. The number of aliphatic hydroxyl groups excluding tert-OH is 35. The summed E-state index contributed by atoms with van der Waals surface area (Å²) in [5.41, 5.74) is -0.0666. The maximum atomic E-state index is 11.6. The molecule has 0 aromatic heterocycles. The van der Waals surface area contributed by atoms with Crippen molar-refractivity contribution in [2.75, 3.05) is 79.8 Å². The monoisotopic (exact) mass is 2030 g/mol. The van der Waals surface area contributed by atoms with Crippen molar-refractivity contribution in [2.24, 2.45) is 5.41 Å². The molecule has 12 aliphatic rings. The van der Waals surface area contributed by atoms with Gasteiger partial charge in [-0.25, -0.2) is 0 Å². The zero-order valence-electron chi connectivity index (χ0n) is 74.2. The molecule has 0 aliphatic carbocycles. The molecule has 59 heteroatoms. The van der Waals surface area contributed by atoms with Crippen molar-refractivity contribution < 1.29 is 288 Å². The summed E-state index contributed by atoms with van der Waals surface area (Å²) in [7, 11) is 1.16. The average Bonchev–Trinajstić information content (AvgIpc) is 1.65. The van der Waals surface area contributed by atoms with Crippen LogP contribution < -0.4 is 10.1 Å². The highest BCUT2D eigenvalue weighted by Gasteiger charge is 2.63. The molecule has 59 nitrogen and oxygen atoms in total. The largest absolute Gasteiger partial charge is 0.506 e. The van der Waals surface area contributed by atoms with E-state index in [1.54, 1.807) is 26.0 Å². The van der Waals surface area contributed by atoms with Gasteiger partial charge in [0.15, 0.2) is 68.7 Å².